The van der Waals surface area contributed by atoms with E-state index in [-0.39, 0.29) is 6.04 Å². The normalized spacial score (nSPS) is 17.1. The summed E-state index contributed by atoms with van der Waals surface area (Å²) in [7, 11) is 0. The number of hydrogen-bond donors (Lipinski definition) is 1. The molecule has 0 saturated carbocycles. The van der Waals surface area contributed by atoms with Gasteiger partial charge in [-0.15, -0.1) is 17.8 Å². The maximum Gasteiger partial charge on any atom is 0.0720 e. The van der Waals surface area contributed by atoms with Crippen LogP contribution in [0.2, 0.25) is 0 Å². The van der Waals surface area contributed by atoms with Gasteiger partial charge in [-0.3, -0.25) is 4.90 Å². The van der Waals surface area contributed by atoms with Crippen molar-refractivity contribution >= 4 is 22.2 Å². The number of thiophene rings is 1. The highest BCUT2D eigenvalue weighted by molar-refractivity contribution is 7.10. The molecule has 0 amide bonds. The quantitative estimate of drug-likeness (QED) is 0.461. The van der Waals surface area contributed by atoms with Gasteiger partial charge in [-0.2, -0.15) is 0 Å². The SMILES string of the molecule is C#C/C=C\C(=C/C)N1CCN(C(c2cccs2)c2c(C)[nH]c3ccccc23)CC1. The summed E-state index contributed by atoms with van der Waals surface area (Å²) in [4.78, 5) is 10.1. The summed E-state index contributed by atoms with van der Waals surface area (Å²) >= 11 is 1.85. The van der Waals surface area contributed by atoms with E-state index >= 15 is 0 Å². The zero-order valence-electron chi connectivity index (χ0n) is 17.1. The maximum atomic E-state index is 5.40. The van der Waals surface area contributed by atoms with Crippen molar-refractivity contribution in [2.45, 2.75) is 19.9 Å². The molecule has 1 N–H and O–H groups in total. The molecule has 29 heavy (non-hydrogen) atoms. The Kier molecular flexibility index (Phi) is 5.89. The lowest BCUT2D eigenvalue weighted by Crippen LogP contribution is -2.47. The first kappa shape index (κ1) is 19.6. The number of hydrogen-bond acceptors (Lipinski definition) is 3. The minimum Gasteiger partial charge on any atom is -0.369 e. The zero-order chi connectivity index (χ0) is 20.2. The van der Waals surface area contributed by atoms with E-state index in [2.05, 4.69) is 82.4 Å². The highest BCUT2D eigenvalue weighted by atomic mass is 32.1. The van der Waals surface area contributed by atoms with Gasteiger partial charge in [0.25, 0.3) is 0 Å². The first-order valence-corrected chi connectivity index (χ1v) is 11.0. The number of benzene rings is 1. The number of terminal acetylenes is 1. The van der Waals surface area contributed by atoms with Crippen LogP contribution < -0.4 is 0 Å². The Balaban J connectivity index is 1.64. The Labute approximate surface area is 177 Å². The lowest BCUT2D eigenvalue weighted by atomic mass is 9.99. The second kappa shape index (κ2) is 8.73. The standard InChI is InChI=1S/C25H27N3S/c1-4-6-10-20(5-2)27-14-16-28(17-15-27)25(23-13-9-18-29-23)24-19(3)26-22-12-8-7-11-21(22)24/h1,5-13,18,25-26H,14-17H2,2-3H3/b10-6-,20-5+. The number of nitrogens with one attached hydrogen (secondary N) is 1. The van der Waals surface area contributed by atoms with Gasteiger partial charge in [-0.1, -0.05) is 36.3 Å². The van der Waals surface area contributed by atoms with Crippen LogP contribution in [0.4, 0.5) is 0 Å². The summed E-state index contributed by atoms with van der Waals surface area (Å²) in [6.07, 6.45) is 11.4. The second-order valence-electron chi connectivity index (χ2n) is 7.36. The molecule has 1 aliphatic rings. The van der Waals surface area contributed by atoms with Crippen molar-refractivity contribution in [1.29, 1.82) is 0 Å². The summed E-state index contributed by atoms with van der Waals surface area (Å²) in [5, 5.41) is 3.52. The van der Waals surface area contributed by atoms with Crippen LogP contribution in [-0.4, -0.2) is 41.0 Å². The summed E-state index contributed by atoms with van der Waals surface area (Å²) in [6, 6.07) is 13.4. The van der Waals surface area contributed by atoms with Crippen LogP contribution in [0.1, 0.15) is 29.1 Å². The highest BCUT2D eigenvalue weighted by Gasteiger charge is 2.30. The van der Waals surface area contributed by atoms with Gasteiger partial charge >= 0.3 is 0 Å². The monoisotopic (exact) mass is 401 g/mol. The van der Waals surface area contributed by atoms with Gasteiger partial charge in [0, 0.05) is 58.9 Å². The molecule has 3 heterocycles. The number of aromatic amines is 1. The number of piperazine rings is 1. The molecule has 4 heteroatoms. The van der Waals surface area contributed by atoms with Crippen LogP contribution in [0.25, 0.3) is 10.9 Å². The van der Waals surface area contributed by atoms with Crippen LogP contribution in [0.3, 0.4) is 0 Å². The van der Waals surface area contributed by atoms with E-state index in [1.807, 2.05) is 17.4 Å². The average Bonchev–Trinajstić information content (AvgIpc) is 3.38. The fraction of sp³-hybridized carbons (Fsp3) is 0.280. The summed E-state index contributed by atoms with van der Waals surface area (Å²) < 4.78 is 0. The van der Waals surface area contributed by atoms with Gasteiger partial charge in [-0.05, 0) is 43.5 Å². The maximum absolute atomic E-state index is 5.40. The zero-order valence-corrected chi connectivity index (χ0v) is 17.9. The molecule has 1 saturated heterocycles. The van der Waals surface area contributed by atoms with Crippen molar-refractivity contribution in [2.24, 2.45) is 0 Å². The molecule has 1 fully saturated rings. The second-order valence-corrected chi connectivity index (χ2v) is 8.34. The number of H-pyrrole nitrogens is 1. The molecule has 0 bridgehead atoms. The third kappa shape index (κ3) is 3.89. The van der Waals surface area contributed by atoms with Gasteiger partial charge < -0.3 is 9.88 Å². The summed E-state index contributed by atoms with van der Waals surface area (Å²) in [6.45, 7) is 8.31. The number of para-hydroxylation sites is 1. The number of aromatic nitrogens is 1. The van der Waals surface area contributed by atoms with E-state index in [0.29, 0.717) is 0 Å². The number of aryl methyl sites for hydroxylation is 1. The molecule has 1 aliphatic heterocycles. The van der Waals surface area contributed by atoms with Crippen molar-refractivity contribution in [2.75, 3.05) is 26.2 Å². The smallest absolute Gasteiger partial charge is 0.0720 e. The van der Waals surface area contributed by atoms with Crippen molar-refractivity contribution in [3.05, 3.63) is 81.8 Å². The predicted molar refractivity (Wildman–Crippen MR) is 124 cm³/mol. The van der Waals surface area contributed by atoms with Crippen molar-refractivity contribution < 1.29 is 0 Å². The molecule has 1 aromatic carbocycles. The Morgan fingerprint density at radius 3 is 2.66 bits per heavy atom. The van der Waals surface area contributed by atoms with Crippen molar-refractivity contribution in [3.8, 4) is 12.3 Å². The molecule has 1 unspecified atom stereocenters. The van der Waals surface area contributed by atoms with E-state index in [0.717, 1.165) is 26.2 Å². The molecular weight excluding hydrogens is 374 g/mol. The van der Waals surface area contributed by atoms with E-state index in [1.54, 1.807) is 6.08 Å². The number of fused-ring (bicyclic) bond motifs is 1. The van der Waals surface area contributed by atoms with E-state index < -0.39 is 0 Å². The molecule has 0 radical (unpaired) electrons. The molecule has 1 atom stereocenters. The van der Waals surface area contributed by atoms with Crippen LogP contribution >= 0.6 is 11.3 Å². The molecule has 148 valence electrons. The molecule has 3 nitrogen and oxygen atoms in total. The molecule has 0 spiro atoms. The van der Waals surface area contributed by atoms with Gasteiger partial charge in [0.15, 0.2) is 0 Å². The van der Waals surface area contributed by atoms with E-state index in [9.17, 15) is 0 Å². The molecule has 2 aromatic heterocycles. The van der Waals surface area contributed by atoms with Gasteiger partial charge in [0.1, 0.15) is 0 Å². The first-order chi connectivity index (χ1) is 14.2. The fourth-order valence-corrected chi connectivity index (χ4v) is 5.23. The predicted octanol–water partition coefficient (Wildman–Crippen LogP) is 5.34. The Bertz CT molecular complexity index is 1060. The summed E-state index contributed by atoms with van der Waals surface area (Å²) in [5.41, 5.74) is 5.10. The van der Waals surface area contributed by atoms with Crippen molar-refractivity contribution in [1.82, 2.24) is 14.8 Å². The molecular formula is C25H27N3S. The number of nitrogens with zero attached hydrogens (tertiary/aromatic N) is 2. The lowest BCUT2D eigenvalue weighted by molar-refractivity contribution is 0.135. The van der Waals surface area contributed by atoms with Gasteiger partial charge in [-0.25, -0.2) is 0 Å². The largest absolute Gasteiger partial charge is 0.369 e. The lowest BCUT2D eigenvalue weighted by Gasteiger charge is -2.40. The third-order valence-electron chi connectivity index (χ3n) is 5.72. The number of rotatable bonds is 5. The molecule has 3 aromatic rings. The molecule has 0 aliphatic carbocycles. The summed E-state index contributed by atoms with van der Waals surface area (Å²) in [5.74, 6) is 2.60. The van der Waals surface area contributed by atoms with E-state index in [1.165, 1.54) is 32.7 Å². The average molecular weight is 402 g/mol. The van der Waals surface area contributed by atoms with Crippen LogP contribution in [0.5, 0.6) is 0 Å². The minimum absolute atomic E-state index is 0.281. The van der Waals surface area contributed by atoms with Crippen molar-refractivity contribution in [3.63, 3.8) is 0 Å². The van der Waals surface area contributed by atoms with Crippen LogP contribution in [0, 0.1) is 19.3 Å². The minimum atomic E-state index is 0.281. The Hall–Kier alpha value is -2.74. The van der Waals surface area contributed by atoms with Gasteiger partial charge in [0.2, 0.25) is 0 Å². The van der Waals surface area contributed by atoms with Gasteiger partial charge in [0.05, 0.1) is 6.04 Å². The Morgan fingerprint density at radius 2 is 1.97 bits per heavy atom. The van der Waals surface area contributed by atoms with Crippen LogP contribution in [0.15, 0.2) is 65.7 Å². The highest BCUT2D eigenvalue weighted by Crippen LogP contribution is 2.38. The fourth-order valence-electron chi connectivity index (χ4n) is 4.36. The van der Waals surface area contributed by atoms with E-state index in [4.69, 9.17) is 6.42 Å². The first-order valence-electron chi connectivity index (χ1n) is 10.1. The Morgan fingerprint density at radius 1 is 1.17 bits per heavy atom. The topological polar surface area (TPSA) is 22.3 Å². The molecule has 4 rings (SSSR count). The van der Waals surface area contributed by atoms with Crippen LogP contribution in [-0.2, 0) is 0 Å². The number of allylic oxidation sites excluding steroid dienone is 3. The third-order valence-corrected chi connectivity index (χ3v) is 6.64.